The first-order valence-electron chi connectivity index (χ1n) is 8.34. The maximum Gasteiger partial charge on any atom is 0.227 e. The predicted molar refractivity (Wildman–Crippen MR) is 100 cm³/mol. The minimum atomic E-state index is -0.159. The summed E-state index contributed by atoms with van der Waals surface area (Å²) >= 11 is 1.57. The molecule has 0 aliphatic rings. The lowest BCUT2D eigenvalue weighted by Crippen LogP contribution is -2.13. The molecule has 0 bridgehead atoms. The quantitative estimate of drug-likeness (QED) is 0.529. The van der Waals surface area contributed by atoms with Gasteiger partial charge in [-0.2, -0.15) is 21.4 Å². The van der Waals surface area contributed by atoms with Crippen molar-refractivity contribution in [3.8, 4) is 11.4 Å². The molecule has 1 amide bonds. The first kappa shape index (κ1) is 17.1. The van der Waals surface area contributed by atoms with Gasteiger partial charge >= 0.3 is 0 Å². The highest BCUT2D eigenvalue weighted by Gasteiger charge is 2.12. The van der Waals surface area contributed by atoms with E-state index in [9.17, 15) is 4.79 Å². The number of carbonyl (C=O) groups excluding carboxylic acids is 1. The van der Waals surface area contributed by atoms with Gasteiger partial charge in [0, 0.05) is 42.2 Å². The molecule has 4 heterocycles. The Morgan fingerprint density at radius 2 is 2.22 bits per heavy atom. The lowest BCUT2D eigenvalue weighted by molar-refractivity contribution is -0.116. The van der Waals surface area contributed by atoms with Crippen molar-refractivity contribution in [3.05, 3.63) is 65.1 Å². The molecule has 136 valence electrons. The molecule has 0 aromatic carbocycles. The molecule has 0 radical (unpaired) electrons. The van der Waals surface area contributed by atoms with Crippen molar-refractivity contribution in [2.45, 2.75) is 19.4 Å². The van der Waals surface area contributed by atoms with Gasteiger partial charge in [0.25, 0.3) is 0 Å². The fourth-order valence-corrected chi connectivity index (χ4v) is 3.10. The molecule has 0 spiro atoms. The highest BCUT2D eigenvalue weighted by Crippen LogP contribution is 2.19. The first-order chi connectivity index (χ1) is 13.3. The maximum absolute atomic E-state index is 12.1. The Labute approximate surface area is 158 Å². The van der Waals surface area contributed by atoms with Gasteiger partial charge in [0.05, 0.1) is 12.2 Å². The van der Waals surface area contributed by atoms with E-state index in [2.05, 4.69) is 25.5 Å². The van der Waals surface area contributed by atoms with Crippen LogP contribution in [-0.4, -0.2) is 30.8 Å². The highest BCUT2D eigenvalue weighted by molar-refractivity contribution is 7.08. The van der Waals surface area contributed by atoms with Gasteiger partial charge in [-0.25, -0.2) is 0 Å². The zero-order chi connectivity index (χ0) is 18.5. The molecule has 0 aliphatic carbocycles. The van der Waals surface area contributed by atoms with Crippen LogP contribution in [0.2, 0.25) is 0 Å². The van der Waals surface area contributed by atoms with Gasteiger partial charge in [0.1, 0.15) is 0 Å². The van der Waals surface area contributed by atoms with Gasteiger partial charge in [0.2, 0.25) is 17.6 Å². The van der Waals surface area contributed by atoms with Crippen LogP contribution in [0.4, 0.5) is 5.82 Å². The standard InChI is InChI=1S/C18H16N6O2S/c25-16(4-5-17-21-18(23-26-17)13-7-10-27-12-13)20-15-6-9-24(22-15)11-14-3-1-2-8-19-14/h1-3,6-10,12H,4-5,11H2,(H,20,22,25). The van der Waals surface area contributed by atoms with Crippen LogP contribution in [0.3, 0.4) is 0 Å². The van der Waals surface area contributed by atoms with E-state index in [0.29, 0.717) is 30.5 Å². The zero-order valence-electron chi connectivity index (χ0n) is 14.3. The summed E-state index contributed by atoms with van der Waals surface area (Å²) in [4.78, 5) is 20.7. The van der Waals surface area contributed by atoms with Crippen LogP contribution >= 0.6 is 11.3 Å². The number of aromatic nitrogens is 5. The van der Waals surface area contributed by atoms with Crippen molar-refractivity contribution < 1.29 is 9.32 Å². The number of hydrogen-bond acceptors (Lipinski definition) is 7. The van der Waals surface area contributed by atoms with Crippen LogP contribution in [0.25, 0.3) is 11.4 Å². The summed E-state index contributed by atoms with van der Waals surface area (Å²) < 4.78 is 6.92. The van der Waals surface area contributed by atoms with Gasteiger partial charge in [-0.3, -0.25) is 14.5 Å². The Balaban J connectivity index is 1.28. The third kappa shape index (κ3) is 4.45. The predicted octanol–water partition coefficient (Wildman–Crippen LogP) is 3.01. The van der Waals surface area contributed by atoms with E-state index in [1.807, 2.05) is 35.0 Å². The van der Waals surface area contributed by atoms with Crippen molar-refractivity contribution in [2.24, 2.45) is 0 Å². The van der Waals surface area contributed by atoms with E-state index >= 15 is 0 Å². The molecule has 1 N–H and O–H groups in total. The van der Waals surface area contributed by atoms with Gasteiger partial charge in [-0.05, 0) is 23.6 Å². The lowest BCUT2D eigenvalue weighted by atomic mass is 10.3. The Morgan fingerprint density at radius 1 is 1.26 bits per heavy atom. The summed E-state index contributed by atoms with van der Waals surface area (Å²) in [6, 6.07) is 9.39. The normalized spacial score (nSPS) is 10.8. The van der Waals surface area contributed by atoms with E-state index in [4.69, 9.17) is 4.52 Å². The second kappa shape index (κ2) is 7.92. The van der Waals surface area contributed by atoms with Crippen LogP contribution in [0.5, 0.6) is 0 Å². The number of thiophene rings is 1. The molecule has 0 fully saturated rings. The first-order valence-corrected chi connectivity index (χ1v) is 9.29. The minimum Gasteiger partial charge on any atom is -0.339 e. The summed E-state index contributed by atoms with van der Waals surface area (Å²) in [5.41, 5.74) is 1.81. The Kier molecular flexibility index (Phi) is 5.01. The highest BCUT2D eigenvalue weighted by atomic mass is 32.1. The molecule has 8 nitrogen and oxygen atoms in total. The average Bonchev–Trinajstić information content (AvgIpc) is 3.43. The van der Waals surface area contributed by atoms with Crippen molar-refractivity contribution in [3.63, 3.8) is 0 Å². The summed E-state index contributed by atoms with van der Waals surface area (Å²) in [6.45, 7) is 0.546. The van der Waals surface area contributed by atoms with Gasteiger partial charge in [-0.15, -0.1) is 0 Å². The SMILES string of the molecule is O=C(CCc1nc(-c2ccsc2)no1)Nc1ccn(Cc2ccccn2)n1. The van der Waals surface area contributed by atoms with E-state index in [-0.39, 0.29) is 12.3 Å². The summed E-state index contributed by atoms with van der Waals surface area (Å²) in [5, 5.41) is 14.9. The van der Waals surface area contributed by atoms with Crippen LogP contribution in [0.1, 0.15) is 18.0 Å². The smallest absolute Gasteiger partial charge is 0.227 e. The van der Waals surface area contributed by atoms with Crippen LogP contribution < -0.4 is 5.32 Å². The number of rotatable bonds is 7. The monoisotopic (exact) mass is 380 g/mol. The molecule has 4 aromatic rings. The Bertz CT molecular complexity index is 1010. The Hall–Kier alpha value is -3.33. The topological polar surface area (TPSA) is 98.7 Å². The molecular weight excluding hydrogens is 364 g/mol. The van der Waals surface area contributed by atoms with E-state index in [1.165, 1.54) is 0 Å². The molecular formula is C18H16N6O2S. The lowest BCUT2D eigenvalue weighted by Gasteiger charge is -2.01. The number of carbonyl (C=O) groups is 1. The van der Waals surface area contributed by atoms with Crippen molar-refractivity contribution in [1.82, 2.24) is 24.9 Å². The number of aryl methyl sites for hydroxylation is 1. The number of pyridine rings is 1. The molecule has 0 saturated heterocycles. The van der Waals surface area contributed by atoms with E-state index in [1.54, 1.807) is 34.5 Å². The number of hydrogen-bond donors (Lipinski definition) is 1. The number of nitrogens with one attached hydrogen (secondary N) is 1. The molecule has 4 rings (SSSR count). The largest absolute Gasteiger partial charge is 0.339 e. The molecule has 0 atom stereocenters. The Morgan fingerprint density at radius 3 is 3.04 bits per heavy atom. The van der Waals surface area contributed by atoms with Gasteiger partial charge < -0.3 is 9.84 Å². The number of anilines is 1. The van der Waals surface area contributed by atoms with Crippen molar-refractivity contribution in [1.29, 1.82) is 0 Å². The molecule has 27 heavy (non-hydrogen) atoms. The fraction of sp³-hybridized carbons (Fsp3) is 0.167. The molecule has 4 aromatic heterocycles. The second-order valence-electron chi connectivity index (χ2n) is 5.79. The summed E-state index contributed by atoms with van der Waals surface area (Å²) in [7, 11) is 0. The third-order valence-electron chi connectivity index (χ3n) is 3.77. The summed E-state index contributed by atoms with van der Waals surface area (Å²) in [6.07, 6.45) is 4.15. The molecule has 9 heteroatoms. The van der Waals surface area contributed by atoms with Crippen molar-refractivity contribution >= 4 is 23.1 Å². The second-order valence-corrected chi connectivity index (χ2v) is 6.57. The fourth-order valence-electron chi connectivity index (χ4n) is 2.47. The van der Waals surface area contributed by atoms with Crippen LogP contribution in [0, 0.1) is 0 Å². The number of amides is 1. The maximum atomic E-state index is 12.1. The molecule has 0 saturated carbocycles. The average molecular weight is 380 g/mol. The van der Waals surface area contributed by atoms with Crippen LogP contribution in [0.15, 0.2) is 58.0 Å². The molecule has 0 aliphatic heterocycles. The zero-order valence-corrected chi connectivity index (χ0v) is 15.1. The van der Waals surface area contributed by atoms with Crippen LogP contribution in [-0.2, 0) is 17.8 Å². The van der Waals surface area contributed by atoms with E-state index in [0.717, 1.165) is 11.3 Å². The number of nitrogens with zero attached hydrogens (tertiary/aromatic N) is 5. The van der Waals surface area contributed by atoms with Gasteiger partial charge in [-0.1, -0.05) is 11.2 Å². The molecule has 0 unspecified atom stereocenters. The van der Waals surface area contributed by atoms with Gasteiger partial charge in [0.15, 0.2) is 5.82 Å². The van der Waals surface area contributed by atoms with Crippen molar-refractivity contribution in [2.75, 3.05) is 5.32 Å². The van der Waals surface area contributed by atoms with E-state index < -0.39 is 0 Å². The third-order valence-corrected chi connectivity index (χ3v) is 4.45. The minimum absolute atomic E-state index is 0.159. The summed E-state index contributed by atoms with van der Waals surface area (Å²) in [5.74, 6) is 1.32.